The monoisotopic (exact) mass is 481 g/mol. The molecule has 0 aromatic heterocycles. The van der Waals surface area contributed by atoms with E-state index in [1.54, 1.807) is 41.5 Å². The second-order valence-electron chi connectivity index (χ2n) is 8.83. The summed E-state index contributed by atoms with van der Waals surface area (Å²) in [5.74, 6) is -18.1. The van der Waals surface area contributed by atoms with Crippen molar-refractivity contribution in [2.24, 2.45) is 0 Å². The highest BCUT2D eigenvalue weighted by Crippen LogP contribution is 2.57. The van der Waals surface area contributed by atoms with Crippen molar-refractivity contribution in [1.82, 2.24) is 0 Å². The molecule has 32 heavy (non-hydrogen) atoms. The quantitative estimate of drug-likeness (QED) is 0.239. The molecular weight excluding hydrogens is 460 g/mol. The van der Waals surface area contributed by atoms with Crippen LogP contribution in [0, 0.1) is 41.0 Å². The van der Waals surface area contributed by atoms with Crippen LogP contribution in [-0.4, -0.2) is 8.32 Å². The molecule has 0 heterocycles. The van der Waals surface area contributed by atoms with Crippen LogP contribution in [0.5, 0.6) is 5.75 Å². The first-order chi connectivity index (χ1) is 14.6. The Labute approximate surface area is 181 Å². The molecule has 0 atom stereocenters. The number of rotatable bonds is 5. The lowest BCUT2D eigenvalue weighted by Crippen LogP contribution is -2.51. The van der Waals surface area contributed by atoms with E-state index in [1.165, 1.54) is 0 Å². The van der Waals surface area contributed by atoms with Crippen molar-refractivity contribution in [3.05, 3.63) is 52.1 Å². The van der Waals surface area contributed by atoms with Gasteiger partial charge >= 0.3 is 5.92 Å². The predicted molar refractivity (Wildman–Crippen MR) is 105 cm³/mol. The number of halogens is 8. The van der Waals surface area contributed by atoms with Crippen molar-refractivity contribution in [3.63, 3.8) is 0 Å². The number of hydrogen-bond donors (Lipinski definition) is 0. The third-order valence-corrected chi connectivity index (χ3v) is 12.2. The Bertz CT molecular complexity index is 1070. The van der Waals surface area contributed by atoms with Gasteiger partial charge in [0, 0.05) is 11.1 Å². The molecule has 1 aliphatic carbocycles. The smallest absolute Gasteiger partial charge is 0.305 e. The standard InChI is InChI=1S/C22H21F8OSi/c1-8(2)32(9(3)4,10(5)6)31-21-19(27)16-14(18(26)20(21)28)13-15(22(16,29)30)11(23)7-12(24)17(13)25/h8-10H,1-6H3. The molecule has 0 fully saturated rings. The molecule has 3 rings (SSSR count). The molecule has 10 heteroatoms. The molecule has 0 unspecified atom stereocenters. The minimum Gasteiger partial charge on any atom is -0.539 e. The molecule has 2 aromatic rings. The molecule has 2 aromatic carbocycles. The van der Waals surface area contributed by atoms with E-state index < -0.39 is 77.1 Å². The molecule has 1 nitrogen and oxygen atoms in total. The summed E-state index contributed by atoms with van der Waals surface area (Å²) < 4.78 is 123. The molecule has 1 aliphatic rings. The van der Waals surface area contributed by atoms with Crippen LogP contribution >= 0.6 is 0 Å². The molecule has 1 radical (unpaired) electrons. The van der Waals surface area contributed by atoms with Gasteiger partial charge in [-0.1, -0.05) is 41.5 Å². The second-order valence-corrected chi connectivity index (χ2v) is 14.2. The fourth-order valence-corrected chi connectivity index (χ4v) is 10.2. The first-order valence-electron chi connectivity index (χ1n) is 10.0. The summed E-state index contributed by atoms with van der Waals surface area (Å²) >= 11 is 0. The normalized spacial score (nSPS) is 15.0. The topological polar surface area (TPSA) is 9.23 Å². The van der Waals surface area contributed by atoms with Crippen LogP contribution in [0.25, 0.3) is 11.1 Å². The van der Waals surface area contributed by atoms with E-state index in [4.69, 9.17) is 4.43 Å². The number of fused-ring (bicyclic) bond motifs is 3. The van der Waals surface area contributed by atoms with Crippen molar-refractivity contribution >= 4 is 8.32 Å². The van der Waals surface area contributed by atoms with Crippen molar-refractivity contribution in [1.29, 1.82) is 0 Å². The van der Waals surface area contributed by atoms with Gasteiger partial charge in [-0.3, -0.25) is 0 Å². The zero-order valence-electron chi connectivity index (χ0n) is 18.2. The van der Waals surface area contributed by atoms with Gasteiger partial charge in [-0.2, -0.15) is 13.2 Å². The molecule has 0 aliphatic heterocycles. The Balaban J connectivity index is 2.40. The van der Waals surface area contributed by atoms with Gasteiger partial charge in [0.1, 0.15) is 5.82 Å². The summed E-state index contributed by atoms with van der Waals surface area (Å²) in [6.45, 7) is 10.5. The van der Waals surface area contributed by atoms with Crippen LogP contribution in [0.3, 0.4) is 0 Å². The zero-order chi connectivity index (χ0) is 24.5. The van der Waals surface area contributed by atoms with Crippen LogP contribution in [0.1, 0.15) is 52.7 Å². The number of benzene rings is 2. The van der Waals surface area contributed by atoms with Gasteiger partial charge in [0.25, 0.3) is 8.32 Å². The first kappa shape index (κ1) is 24.5. The van der Waals surface area contributed by atoms with E-state index in [0.29, 0.717) is 0 Å². The maximum Gasteiger partial charge on any atom is 0.305 e. The van der Waals surface area contributed by atoms with Crippen LogP contribution in [0.2, 0.25) is 16.6 Å². The lowest BCUT2D eigenvalue weighted by molar-refractivity contribution is 0.0394. The predicted octanol–water partition coefficient (Wildman–Crippen LogP) is 8.00. The average Bonchev–Trinajstić information content (AvgIpc) is 2.91. The van der Waals surface area contributed by atoms with Crippen LogP contribution in [0.15, 0.2) is 0 Å². The summed E-state index contributed by atoms with van der Waals surface area (Å²) in [5, 5.41) is 0. The van der Waals surface area contributed by atoms with Gasteiger partial charge in [-0.15, -0.1) is 0 Å². The Morgan fingerprint density at radius 2 is 1.12 bits per heavy atom. The van der Waals surface area contributed by atoms with Crippen molar-refractivity contribution < 1.29 is 39.5 Å². The highest BCUT2D eigenvalue weighted by atomic mass is 28.4. The number of hydrogen-bond acceptors (Lipinski definition) is 1. The van der Waals surface area contributed by atoms with Crippen molar-refractivity contribution in [3.8, 4) is 16.9 Å². The lowest BCUT2D eigenvalue weighted by Gasteiger charge is -2.42. The third kappa shape index (κ3) is 3.08. The molecule has 175 valence electrons. The van der Waals surface area contributed by atoms with Gasteiger partial charge in [0.15, 0.2) is 29.0 Å². The van der Waals surface area contributed by atoms with Crippen molar-refractivity contribution in [2.45, 2.75) is 64.1 Å². The van der Waals surface area contributed by atoms with E-state index in [1.807, 2.05) is 0 Å². The van der Waals surface area contributed by atoms with Gasteiger partial charge < -0.3 is 4.43 Å². The number of alkyl halides is 2. The molecule has 0 bridgehead atoms. The largest absolute Gasteiger partial charge is 0.539 e. The van der Waals surface area contributed by atoms with Crippen LogP contribution in [0.4, 0.5) is 35.1 Å². The molecular formula is C22H21F8OSi. The highest BCUT2D eigenvalue weighted by molar-refractivity contribution is 6.78. The Morgan fingerprint density at radius 3 is 1.59 bits per heavy atom. The molecule has 0 amide bonds. The van der Waals surface area contributed by atoms with Crippen LogP contribution in [-0.2, 0) is 5.92 Å². The SMILES string of the molecule is CC(C)[Si](Oc1c(F)c(F)c2c(c1F)C(F)(F)c1c(F)[c]c(F)c(F)c1-2)(C(C)C)C(C)C. The Morgan fingerprint density at radius 1 is 0.656 bits per heavy atom. The molecule has 0 spiro atoms. The fraction of sp³-hybridized carbons (Fsp3) is 0.455. The van der Waals surface area contributed by atoms with Crippen molar-refractivity contribution in [2.75, 3.05) is 0 Å². The van der Waals surface area contributed by atoms with Crippen LogP contribution < -0.4 is 4.43 Å². The Hall–Kier alpha value is -2.10. The van der Waals surface area contributed by atoms with Gasteiger partial charge in [-0.25, -0.2) is 22.0 Å². The van der Waals surface area contributed by atoms with E-state index >= 15 is 22.0 Å². The third-order valence-electron chi connectivity index (χ3n) is 6.25. The average molecular weight is 481 g/mol. The van der Waals surface area contributed by atoms with Gasteiger partial charge in [0.2, 0.25) is 5.82 Å². The van der Waals surface area contributed by atoms with Gasteiger partial charge in [-0.05, 0) is 16.6 Å². The summed E-state index contributed by atoms with van der Waals surface area (Å²) in [6, 6.07) is 1.13. The molecule has 0 N–H and O–H groups in total. The zero-order valence-corrected chi connectivity index (χ0v) is 19.2. The lowest BCUT2D eigenvalue weighted by atomic mass is 10.0. The van der Waals surface area contributed by atoms with E-state index in [-0.39, 0.29) is 16.6 Å². The first-order valence-corrected chi connectivity index (χ1v) is 12.1. The molecule has 0 saturated heterocycles. The highest BCUT2D eigenvalue weighted by Gasteiger charge is 2.55. The minimum absolute atomic E-state index is 0.256. The maximum atomic E-state index is 15.4. The summed E-state index contributed by atoms with van der Waals surface area (Å²) in [4.78, 5) is 0. The van der Waals surface area contributed by atoms with Gasteiger partial charge in [0.05, 0.1) is 17.2 Å². The molecule has 0 saturated carbocycles. The van der Waals surface area contributed by atoms with E-state index in [9.17, 15) is 13.2 Å². The summed E-state index contributed by atoms with van der Waals surface area (Å²) in [5.41, 5.74) is -7.50. The minimum atomic E-state index is -4.62. The Kier molecular flexibility index (Phi) is 5.94. The fourth-order valence-electron chi connectivity index (χ4n) is 4.99. The second kappa shape index (κ2) is 7.74. The maximum absolute atomic E-state index is 15.4. The summed E-state index contributed by atoms with van der Waals surface area (Å²) in [7, 11) is -3.15. The van der Waals surface area contributed by atoms with E-state index in [0.717, 1.165) is 6.07 Å². The summed E-state index contributed by atoms with van der Waals surface area (Å²) in [6.07, 6.45) is 0. The van der Waals surface area contributed by atoms with E-state index in [2.05, 4.69) is 0 Å².